The van der Waals surface area contributed by atoms with E-state index in [1.54, 1.807) is 12.1 Å². The van der Waals surface area contributed by atoms with E-state index in [0.29, 0.717) is 23.0 Å². The predicted octanol–water partition coefficient (Wildman–Crippen LogP) is 3.04. The first-order valence-electron chi connectivity index (χ1n) is 6.48. The number of piperidine rings is 1. The van der Waals surface area contributed by atoms with Gasteiger partial charge < -0.3 is 5.73 Å². The third-order valence-electron chi connectivity index (χ3n) is 3.69. The van der Waals surface area contributed by atoms with Crippen molar-refractivity contribution in [1.29, 1.82) is 0 Å². The highest BCUT2D eigenvalue weighted by molar-refractivity contribution is 6.30. The van der Waals surface area contributed by atoms with Crippen LogP contribution in [0.2, 0.25) is 5.02 Å². The van der Waals surface area contributed by atoms with Gasteiger partial charge in [0.1, 0.15) is 5.82 Å². The van der Waals surface area contributed by atoms with Crippen LogP contribution in [0.25, 0.3) is 0 Å². The van der Waals surface area contributed by atoms with Crippen LogP contribution in [0.1, 0.15) is 25.3 Å². The maximum Gasteiger partial charge on any atom is 0.129 e. The van der Waals surface area contributed by atoms with Gasteiger partial charge in [-0.25, -0.2) is 4.39 Å². The molecule has 1 heterocycles. The van der Waals surface area contributed by atoms with Gasteiger partial charge >= 0.3 is 0 Å². The molecular weight excluding hydrogens is 251 g/mol. The van der Waals surface area contributed by atoms with Crippen molar-refractivity contribution < 1.29 is 4.39 Å². The van der Waals surface area contributed by atoms with E-state index in [1.165, 1.54) is 12.5 Å². The standard InChI is InChI=1S/C14H20ClFN2/c1-10(17)11-3-2-6-18(8-11)9-12-4-5-13(15)7-14(12)16/h4-5,7,10-11H,2-3,6,8-9,17H2,1H3. The van der Waals surface area contributed by atoms with E-state index in [1.807, 2.05) is 0 Å². The van der Waals surface area contributed by atoms with Crippen molar-refractivity contribution in [2.75, 3.05) is 13.1 Å². The molecular formula is C14H20ClFN2. The van der Waals surface area contributed by atoms with E-state index in [9.17, 15) is 4.39 Å². The molecule has 0 saturated carbocycles. The van der Waals surface area contributed by atoms with Gasteiger partial charge in [0.15, 0.2) is 0 Å². The normalized spacial score (nSPS) is 23.0. The maximum absolute atomic E-state index is 13.7. The van der Waals surface area contributed by atoms with Crippen molar-refractivity contribution >= 4 is 11.6 Å². The van der Waals surface area contributed by atoms with Crippen LogP contribution in [-0.4, -0.2) is 24.0 Å². The number of rotatable bonds is 3. The van der Waals surface area contributed by atoms with Gasteiger partial charge in [0.25, 0.3) is 0 Å². The molecule has 0 aromatic heterocycles. The number of hydrogen-bond donors (Lipinski definition) is 1. The average Bonchev–Trinajstić information content (AvgIpc) is 2.33. The number of nitrogens with zero attached hydrogens (tertiary/aromatic N) is 1. The van der Waals surface area contributed by atoms with Crippen molar-refractivity contribution in [2.24, 2.45) is 11.7 Å². The highest BCUT2D eigenvalue weighted by atomic mass is 35.5. The van der Waals surface area contributed by atoms with Crippen molar-refractivity contribution in [3.05, 3.63) is 34.6 Å². The van der Waals surface area contributed by atoms with Gasteiger partial charge in [-0.3, -0.25) is 4.90 Å². The molecule has 1 fully saturated rings. The molecule has 1 saturated heterocycles. The zero-order chi connectivity index (χ0) is 13.1. The van der Waals surface area contributed by atoms with Gasteiger partial charge in [0, 0.05) is 29.7 Å². The SMILES string of the molecule is CC(N)C1CCCN(Cc2ccc(Cl)cc2F)C1. The number of benzene rings is 1. The smallest absolute Gasteiger partial charge is 0.129 e. The maximum atomic E-state index is 13.7. The first-order valence-corrected chi connectivity index (χ1v) is 6.86. The van der Waals surface area contributed by atoms with Crippen LogP contribution in [0.15, 0.2) is 18.2 Å². The van der Waals surface area contributed by atoms with Crippen LogP contribution in [0.4, 0.5) is 4.39 Å². The molecule has 2 N–H and O–H groups in total. The minimum atomic E-state index is -0.217. The lowest BCUT2D eigenvalue weighted by Crippen LogP contribution is -2.42. The van der Waals surface area contributed by atoms with E-state index in [0.717, 1.165) is 19.5 Å². The molecule has 1 aromatic rings. The molecule has 1 aromatic carbocycles. The van der Waals surface area contributed by atoms with Gasteiger partial charge in [-0.05, 0) is 44.4 Å². The van der Waals surface area contributed by atoms with Crippen LogP contribution in [0.5, 0.6) is 0 Å². The highest BCUT2D eigenvalue weighted by Gasteiger charge is 2.23. The fourth-order valence-electron chi connectivity index (χ4n) is 2.55. The lowest BCUT2D eigenvalue weighted by molar-refractivity contribution is 0.153. The summed E-state index contributed by atoms with van der Waals surface area (Å²) in [6, 6.07) is 5.10. The topological polar surface area (TPSA) is 29.3 Å². The second-order valence-corrected chi connectivity index (χ2v) is 5.67. The summed E-state index contributed by atoms with van der Waals surface area (Å²) in [4.78, 5) is 2.28. The van der Waals surface area contributed by atoms with Crippen molar-refractivity contribution in [1.82, 2.24) is 4.90 Å². The first kappa shape index (κ1) is 13.8. The molecule has 2 unspecified atom stereocenters. The van der Waals surface area contributed by atoms with Gasteiger partial charge in [-0.2, -0.15) is 0 Å². The Morgan fingerprint density at radius 3 is 3.00 bits per heavy atom. The lowest BCUT2D eigenvalue weighted by atomic mass is 9.92. The molecule has 2 rings (SSSR count). The quantitative estimate of drug-likeness (QED) is 0.915. The molecule has 0 bridgehead atoms. The Bertz CT molecular complexity index is 409. The molecule has 1 aliphatic heterocycles. The van der Waals surface area contributed by atoms with E-state index >= 15 is 0 Å². The number of hydrogen-bond acceptors (Lipinski definition) is 2. The van der Waals surface area contributed by atoms with Crippen molar-refractivity contribution in [2.45, 2.75) is 32.4 Å². The summed E-state index contributed by atoms with van der Waals surface area (Å²) < 4.78 is 13.7. The molecule has 0 amide bonds. The van der Waals surface area contributed by atoms with Crippen LogP contribution >= 0.6 is 11.6 Å². The molecule has 2 atom stereocenters. The Kier molecular flexibility index (Phi) is 4.60. The Hall–Kier alpha value is -0.640. The van der Waals surface area contributed by atoms with Gasteiger partial charge in [0.05, 0.1) is 0 Å². The summed E-state index contributed by atoms with van der Waals surface area (Å²) in [5.74, 6) is 0.305. The summed E-state index contributed by atoms with van der Waals surface area (Å²) in [7, 11) is 0. The fraction of sp³-hybridized carbons (Fsp3) is 0.571. The minimum absolute atomic E-state index is 0.211. The molecule has 0 aliphatic carbocycles. The van der Waals surface area contributed by atoms with Gasteiger partial charge in [-0.1, -0.05) is 17.7 Å². The van der Waals surface area contributed by atoms with Crippen molar-refractivity contribution in [3.63, 3.8) is 0 Å². The zero-order valence-electron chi connectivity index (χ0n) is 10.7. The molecule has 2 nitrogen and oxygen atoms in total. The van der Waals surface area contributed by atoms with Crippen LogP contribution < -0.4 is 5.73 Å². The van der Waals surface area contributed by atoms with Crippen LogP contribution in [0, 0.1) is 11.7 Å². The second-order valence-electron chi connectivity index (χ2n) is 5.23. The Morgan fingerprint density at radius 1 is 1.56 bits per heavy atom. The molecule has 1 aliphatic rings. The molecule has 18 heavy (non-hydrogen) atoms. The molecule has 0 spiro atoms. The summed E-state index contributed by atoms with van der Waals surface area (Å²) in [5, 5.41) is 0.448. The summed E-state index contributed by atoms with van der Waals surface area (Å²) in [6.07, 6.45) is 2.32. The van der Waals surface area contributed by atoms with E-state index in [2.05, 4.69) is 11.8 Å². The van der Waals surface area contributed by atoms with E-state index in [4.69, 9.17) is 17.3 Å². The Labute approximate surface area is 113 Å². The number of likely N-dealkylation sites (tertiary alicyclic amines) is 1. The summed E-state index contributed by atoms with van der Waals surface area (Å²) >= 11 is 5.75. The highest BCUT2D eigenvalue weighted by Crippen LogP contribution is 2.22. The molecule has 4 heteroatoms. The summed E-state index contributed by atoms with van der Waals surface area (Å²) in [5.41, 5.74) is 6.67. The average molecular weight is 271 g/mol. The lowest BCUT2D eigenvalue weighted by Gasteiger charge is -2.34. The zero-order valence-corrected chi connectivity index (χ0v) is 11.5. The largest absolute Gasteiger partial charge is 0.328 e. The number of halogens is 2. The van der Waals surface area contributed by atoms with E-state index in [-0.39, 0.29) is 11.9 Å². The minimum Gasteiger partial charge on any atom is -0.328 e. The van der Waals surface area contributed by atoms with Gasteiger partial charge in [0.2, 0.25) is 0 Å². The van der Waals surface area contributed by atoms with E-state index < -0.39 is 0 Å². The van der Waals surface area contributed by atoms with Crippen molar-refractivity contribution in [3.8, 4) is 0 Å². The monoisotopic (exact) mass is 270 g/mol. The van der Waals surface area contributed by atoms with Crippen LogP contribution in [-0.2, 0) is 6.54 Å². The Balaban J connectivity index is 2.00. The Morgan fingerprint density at radius 2 is 2.33 bits per heavy atom. The summed E-state index contributed by atoms with van der Waals surface area (Å²) in [6.45, 7) is 4.67. The first-order chi connectivity index (χ1) is 8.56. The third-order valence-corrected chi connectivity index (χ3v) is 3.93. The number of nitrogens with two attached hydrogens (primary N) is 1. The predicted molar refractivity (Wildman–Crippen MR) is 73.1 cm³/mol. The third kappa shape index (κ3) is 3.44. The fourth-order valence-corrected chi connectivity index (χ4v) is 2.71. The molecule has 0 radical (unpaired) electrons. The van der Waals surface area contributed by atoms with Crippen LogP contribution in [0.3, 0.4) is 0 Å². The van der Waals surface area contributed by atoms with Gasteiger partial charge in [-0.15, -0.1) is 0 Å². The second kappa shape index (κ2) is 6.00. The molecule has 100 valence electrons.